The van der Waals surface area contributed by atoms with Crippen LogP contribution < -0.4 is 5.56 Å². The maximum atomic E-state index is 13.2. The SMILES string of the molecule is CCCn1nnnc1CSc1nc2ccccc2c(=O)n1Cc1ccc(C)cc1. The summed E-state index contributed by atoms with van der Waals surface area (Å²) in [6, 6.07) is 15.7. The average Bonchev–Trinajstić information content (AvgIpc) is 3.18. The average molecular weight is 407 g/mol. The van der Waals surface area contributed by atoms with E-state index in [9.17, 15) is 4.79 Å². The Morgan fingerprint density at radius 1 is 1.07 bits per heavy atom. The van der Waals surface area contributed by atoms with Crippen LogP contribution in [0, 0.1) is 6.92 Å². The lowest BCUT2D eigenvalue weighted by atomic mass is 10.1. The minimum absolute atomic E-state index is 0.0353. The standard InChI is InChI=1S/C21H22N6OS/c1-3-12-27-19(23-24-25-27)14-29-21-22-18-7-5-4-6-17(18)20(28)26(21)13-16-10-8-15(2)9-11-16/h4-11H,3,12-14H2,1-2H3. The molecular weight excluding hydrogens is 384 g/mol. The fourth-order valence-corrected chi connectivity index (χ4v) is 4.05. The number of thioether (sulfide) groups is 1. The quantitative estimate of drug-likeness (QED) is 0.346. The predicted molar refractivity (Wildman–Crippen MR) is 114 cm³/mol. The normalized spacial score (nSPS) is 11.2. The van der Waals surface area contributed by atoms with Crippen LogP contribution >= 0.6 is 11.8 Å². The Kier molecular flexibility index (Phi) is 5.71. The largest absolute Gasteiger partial charge is 0.283 e. The predicted octanol–water partition coefficient (Wildman–Crippen LogP) is 3.44. The van der Waals surface area contributed by atoms with Gasteiger partial charge in [-0.05, 0) is 41.5 Å². The summed E-state index contributed by atoms with van der Waals surface area (Å²) in [4.78, 5) is 18.0. The summed E-state index contributed by atoms with van der Waals surface area (Å²) in [6.45, 7) is 5.38. The van der Waals surface area contributed by atoms with Crippen molar-refractivity contribution < 1.29 is 0 Å². The van der Waals surface area contributed by atoms with Crippen molar-refractivity contribution in [3.05, 3.63) is 75.8 Å². The Labute approximate surface area is 172 Å². The van der Waals surface area contributed by atoms with Crippen molar-refractivity contribution in [3.63, 3.8) is 0 Å². The molecule has 0 N–H and O–H groups in total. The molecule has 0 spiro atoms. The number of para-hydroxylation sites is 1. The van der Waals surface area contributed by atoms with Crippen molar-refractivity contribution in [3.8, 4) is 0 Å². The summed E-state index contributed by atoms with van der Waals surface area (Å²) in [5.41, 5.74) is 2.92. The first kappa shape index (κ1) is 19.3. The van der Waals surface area contributed by atoms with E-state index in [1.165, 1.54) is 17.3 Å². The summed E-state index contributed by atoms with van der Waals surface area (Å²) >= 11 is 1.48. The highest BCUT2D eigenvalue weighted by molar-refractivity contribution is 7.98. The Balaban J connectivity index is 1.71. The molecule has 0 unspecified atom stereocenters. The third-order valence-electron chi connectivity index (χ3n) is 4.66. The molecular formula is C21H22N6OS. The molecule has 29 heavy (non-hydrogen) atoms. The number of aromatic nitrogens is 6. The minimum atomic E-state index is -0.0353. The summed E-state index contributed by atoms with van der Waals surface area (Å²) in [5, 5.41) is 13.2. The molecule has 0 saturated heterocycles. The molecule has 0 saturated carbocycles. The lowest BCUT2D eigenvalue weighted by Crippen LogP contribution is -2.24. The Bertz CT molecular complexity index is 1180. The third kappa shape index (κ3) is 4.22. The van der Waals surface area contributed by atoms with Crippen molar-refractivity contribution >= 4 is 22.7 Å². The van der Waals surface area contributed by atoms with E-state index in [0.717, 1.165) is 24.4 Å². The summed E-state index contributed by atoms with van der Waals surface area (Å²) in [6.07, 6.45) is 0.953. The zero-order chi connectivity index (χ0) is 20.2. The summed E-state index contributed by atoms with van der Waals surface area (Å²) in [5.74, 6) is 1.33. The van der Waals surface area contributed by atoms with E-state index in [2.05, 4.69) is 41.5 Å². The van der Waals surface area contributed by atoms with Crippen LogP contribution in [-0.4, -0.2) is 29.8 Å². The smallest absolute Gasteiger partial charge is 0.262 e. The number of aryl methyl sites for hydroxylation is 2. The molecule has 148 valence electrons. The molecule has 0 radical (unpaired) electrons. The second kappa shape index (κ2) is 8.57. The molecule has 7 nitrogen and oxygen atoms in total. The second-order valence-electron chi connectivity index (χ2n) is 6.90. The maximum absolute atomic E-state index is 13.2. The molecule has 4 aromatic rings. The lowest BCUT2D eigenvalue weighted by Gasteiger charge is -2.13. The molecule has 0 aliphatic rings. The topological polar surface area (TPSA) is 78.5 Å². The van der Waals surface area contributed by atoms with E-state index in [0.29, 0.717) is 28.4 Å². The van der Waals surface area contributed by atoms with Gasteiger partial charge in [0.2, 0.25) is 0 Å². The van der Waals surface area contributed by atoms with Crippen molar-refractivity contribution in [2.75, 3.05) is 0 Å². The van der Waals surface area contributed by atoms with Crippen LogP contribution in [0.1, 0.15) is 30.3 Å². The van der Waals surface area contributed by atoms with E-state index >= 15 is 0 Å². The number of rotatable bonds is 7. The zero-order valence-electron chi connectivity index (χ0n) is 16.4. The van der Waals surface area contributed by atoms with Crippen LogP contribution in [-0.2, 0) is 18.8 Å². The monoisotopic (exact) mass is 406 g/mol. The van der Waals surface area contributed by atoms with Crippen molar-refractivity contribution in [1.29, 1.82) is 0 Å². The highest BCUT2D eigenvalue weighted by Gasteiger charge is 2.14. The van der Waals surface area contributed by atoms with E-state index in [-0.39, 0.29) is 5.56 Å². The van der Waals surface area contributed by atoms with Gasteiger partial charge in [-0.25, -0.2) is 9.67 Å². The maximum Gasteiger partial charge on any atom is 0.262 e. The molecule has 0 atom stereocenters. The van der Waals surface area contributed by atoms with Gasteiger partial charge < -0.3 is 0 Å². The molecule has 4 rings (SSSR count). The molecule has 0 aliphatic carbocycles. The molecule has 8 heteroatoms. The fourth-order valence-electron chi connectivity index (χ4n) is 3.11. The van der Waals surface area contributed by atoms with Gasteiger partial charge in [-0.2, -0.15) is 0 Å². The van der Waals surface area contributed by atoms with Crippen LogP contribution in [0.4, 0.5) is 0 Å². The minimum Gasteiger partial charge on any atom is -0.283 e. The number of hydrogen-bond donors (Lipinski definition) is 0. The Morgan fingerprint density at radius 2 is 1.86 bits per heavy atom. The molecule has 0 aliphatic heterocycles. The fraction of sp³-hybridized carbons (Fsp3) is 0.286. The number of hydrogen-bond acceptors (Lipinski definition) is 6. The van der Waals surface area contributed by atoms with Gasteiger partial charge in [-0.3, -0.25) is 9.36 Å². The van der Waals surface area contributed by atoms with Gasteiger partial charge >= 0.3 is 0 Å². The highest BCUT2D eigenvalue weighted by Crippen LogP contribution is 2.22. The van der Waals surface area contributed by atoms with Crippen LogP contribution in [0.5, 0.6) is 0 Å². The van der Waals surface area contributed by atoms with Crippen LogP contribution in [0.3, 0.4) is 0 Å². The number of nitrogens with zero attached hydrogens (tertiary/aromatic N) is 6. The first-order valence-corrected chi connectivity index (χ1v) is 10.6. The summed E-state index contributed by atoms with van der Waals surface area (Å²) < 4.78 is 3.54. The van der Waals surface area contributed by atoms with Gasteiger partial charge in [0.1, 0.15) is 0 Å². The highest BCUT2D eigenvalue weighted by atomic mass is 32.2. The Hall–Kier alpha value is -3.00. The molecule has 0 amide bonds. The van der Waals surface area contributed by atoms with Crippen LogP contribution in [0.15, 0.2) is 58.5 Å². The number of tetrazole rings is 1. The summed E-state index contributed by atoms with van der Waals surface area (Å²) in [7, 11) is 0. The van der Waals surface area contributed by atoms with E-state index in [1.54, 1.807) is 9.25 Å². The number of fused-ring (bicyclic) bond motifs is 1. The van der Waals surface area contributed by atoms with Gasteiger partial charge in [-0.1, -0.05) is 60.6 Å². The van der Waals surface area contributed by atoms with E-state index in [1.807, 2.05) is 36.4 Å². The second-order valence-corrected chi connectivity index (χ2v) is 7.84. The molecule has 2 heterocycles. The molecule has 2 aromatic carbocycles. The molecule has 0 fully saturated rings. The van der Waals surface area contributed by atoms with E-state index < -0.39 is 0 Å². The van der Waals surface area contributed by atoms with Gasteiger partial charge in [0, 0.05) is 6.54 Å². The van der Waals surface area contributed by atoms with Gasteiger partial charge in [-0.15, -0.1) is 5.10 Å². The first-order chi connectivity index (χ1) is 14.2. The van der Waals surface area contributed by atoms with Crippen LogP contribution in [0.25, 0.3) is 10.9 Å². The van der Waals surface area contributed by atoms with Crippen molar-refractivity contribution in [2.24, 2.45) is 0 Å². The lowest BCUT2D eigenvalue weighted by molar-refractivity contribution is 0.564. The van der Waals surface area contributed by atoms with Crippen molar-refractivity contribution in [2.45, 2.75) is 44.3 Å². The third-order valence-corrected chi connectivity index (χ3v) is 5.63. The molecule has 2 aromatic heterocycles. The van der Waals surface area contributed by atoms with Gasteiger partial charge in [0.15, 0.2) is 11.0 Å². The van der Waals surface area contributed by atoms with E-state index in [4.69, 9.17) is 4.98 Å². The molecule has 0 bridgehead atoms. The van der Waals surface area contributed by atoms with Gasteiger partial charge in [0.25, 0.3) is 5.56 Å². The van der Waals surface area contributed by atoms with Crippen molar-refractivity contribution in [1.82, 2.24) is 29.8 Å². The Morgan fingerprint density at radius 3 is 2.66 bits per heavy atom. The zero-order valence-corrected chi connectivity index (χ0v) is 17.3. The van der Waals surface area contributed by atoms with Crippen LogP contribution in [0.2, 0.25) is 0 Å². The van der Waals surface area contributed by atoms with Gasteiger partial charge in [0.05, 0.1) is 23.2 Å². The first-order valence-electron chi connectivity index (χ1n) is 9.58. The number of benzene rings is 2.